The zero-order valence-corrected chi connectivity index (χ0v) is 15.2. The Balaban J connectivity index is 2.71. The van der Waals surface area contributed by atoms with Crippen LogP contribution in [0.4, 0.5) is 4.79 Å². The normalized spacial score (nSPS) is 11.3. The van der Waals surface area contributed by atoms with Crippen molar-refractivity contribution in [2.75, 3.05) is 11.9 Å². The largest absolute Gasteiger partial charge is 0.444 e. The third-order valence-corrected chi connectivity index (χ3v) is 3.56. The maximum Gasteiger partial charge on any atom is 0.410 e. The van der Waals surface area contributed by atoms with Gasteiger partial charge in [-0.15, -0.1) is 0 Å². The van der Waals surface area contributed by atoms with Crippen LogP contribution in [-0.2, 0) is 11.3 Å². The van der Waals surface area contributed by atoms with Crippen LogP contribution < -0.4 is 0 Å². The van der Waals surface area contributed by atoms with E-state index in [1.54, 1.807) is 4.90 Å². The molecule has 21 heavy (non-hydrogen) atoms. The number of nitrogens with zero attached hydrogens (tertiary/aromatic N) is 1. The molecule has 0 atom stereocenters. The highest BCUT2D eigenvalue weighted by molar-refractivity contribution is 9.09. The molecule has 0 spiro atoms. The van der Waals surface area contributed by atoms with Crippen LogP contribution in [0.15, 0.2) is 24.3 Å². The second-order valence-electron chi connectivity index (χ2n) is 5.92. The molecule has 118 valence electrons. The molecule has 0 aliphatic rings. The van der Waals surface area contributed by atoms with Gasteiger partial charge in [0, 0.05) is 23.4 Å². The highest BCUT2D eigenvalue weighted by Gasteiger charge is 2.21. The first-order valence-electron chi connectivity index (χ1n) is 7.10. The second kappa shape index (κ2) is 8.64. The summed E-state index contributed by atoms with van der Waals surface area (Å²) in [5, 5.41) is 1.64. The first kappa shape index (κ1) is 18.3. The monoisotopic (exact) mass is 375 g/mol. The number of amides is 1. The summed E-state index contributed by atoms with van der Waals surface area (Å²) in [7, 11) is 0. The van der Waals surface area contributed by atoms with Gasteiger partial charge in [-0.1, -0.05) is 39.7 Å². The summed E-state index contributed by atoms with van der Waals surface area (Å²) < 4.78 is 5.48. The number of hydrogen-bond acceptors (Lipinski definition) is 2. The van der Waals surface area contributed by atoms with Gasteiger partial charge < -0.3 is 9.64 Å². The Hall–Kier alpha value is -0.740. The van der Waals surface area contributed by atoms with Crippen LogP contribution >= 0.6 is 27.5 Å². The van der Waals surface area contributed by atoms with Gasteiger partial charge in [0.1, 0.15) is 5.60 Å². The zero-order chi connectivity index (χ0) is 15.9. The van der Waals surface area contributed by atoms with Crippen LogP contribution in [0, 0.1) is 0 Å². The minimum Gasteiger partial charge on any atom is -0.444 e. The summed E-state index contributed by atoms with van der Waals surface area (Å²) in [5.41, 5.74) is 0.564. The van der Waals surface area contributed by atoms with Gasteiger partial charge in [-0.25, -0.2) is 4.79 Å². The summed E-state index contributed by atoms with van der Waals surface area (Å²) in [4.78, 5) is 14.0. The van der Waals surface area contributed by atoms with Crippen molar-refractivity contribution in [2.24, 2.45) is 0 Å². The average molecular weight is 377 g/mol. The van der Waals surface area contributed by atoms with E-state index in [0.717, 1.165) is 23.7 Å². The molecule has 0 fully saturated rings. The van der Waals surface area contributed by atoms with E-state index in [0.29, 0.717) is 18.1 Å². The third-order valence-electron chi connectivity index (χ3n) is 2.75. The highest BCUT2D eigenvalue weighted by atomic mass is 79.9. The Morgan fingerprint density at radius 1 is 1.24 bits per heavy atom. The molecule has 1 aromatic carbocycles. The molecule has 0 aliphatic heterocycles. The van der Waals surface area contributed by atoms with Crippen LogP contribution in [0.2, 0.25) is 5.02 Å². The van der Waals surface area contributed by atoms with Crippen LogP contribution in [0.25, 0.3) is 0 Å². The summed E-state index contributed by atoms with van der Waals surface area (Å²) in [6.07, 6.45) is 1.70. The quantitative estimate of drug-likeness (QED) is 0.501. The third kappa shape index (κ3) is 7.72. The minimum absolute atomic E-state index is 0.271. The SMILES string of the molecule is CC(C)(C)OC(=O)N(CCCCBr)Cc1ccc(Cl)cc1. The van der Waals surface area contributed by atoms with Crippen molar-refractivity contribution >= 4 is 33.6 Å². The fraction of sp³-hybridized carbons (Fsp3) is 0.562. The summed E-state index contributed by atoms with van der Waals surface area (Å²) in [6.45, 7) is 6.86. The lowest BCUT2D eigenvalue weighted by Gasteiger charge is -2.27. The number of rotatable bonds is 6. The highest BCUT2D eigenvalue weighted by Crippen LogP contribution is 2.15. The fourth-order valence-electron chi connectivity index (χ4n) is 1.77. The van der Waals surface area contributed by atoms with E-state index in [2.05, 4.69) is 15.9 Å². The molecule has 0 radical (unpaired) electrons. The van der Waals surface area contributed by atoms with Crippen molar-refractivity contribution in [3.63, 3.8) is 0 Å². The van der Waals surface area contributed by atoms with Crippen LogP contribution in [0.3, 0.4) is 0 Å². The molecule has 1 amide bonds. The zero-order valence-electron chi connectivity index (χ0n) is 12.9. The Kier molecular flexibility index (Phi) is 7.53. The number of alkyl halides is 1. The van der Waals surface area contributed by atoms with Gasteiger partial charge in [-0.2, -0.15) is 0 Å². The lowest BCUT2D eigenvalue weighted by Crippen LogP contribution is -2.37. The van der Waals surface area contributed by atoms with Gasteiger partial charge in [-0.05, 0) is 51.3 Å². The van der Waals surface area contributed by atoms with Crippen LogP contribution in [0.1, 0.15) is 39.2 Å². The molecule has 0 unspecified atom stereocenters. The molecule has 1 aromatic rings. The van der Waals surface area contributed by atoms with Crippen molar-refractivity contribution < 1.29 is 9.53 Å². The van der Waals surface area contributed by atoms with E-state index in [-0.39, 0.29) is 6.09 Å². The number of carbonyl (C=O) groups excluding carboxylic acids is 1. The lowest BCUT2D eigenvalue weighted by molar-refractivity contribution is 0.0231. The Labute approximate surface area is 140 Å². The molecule has 0 N–H and O–H groups in total. The predicted molar refractivity (Wildman–Crippen MR) is 91.1 cm³/mol. The van der Waals surface area contributed by atoms with Crippen molar-refractivity contribution in [3.8, 4) is 0 Å². The van der Waals surface area contributed by atoms with E-state index in [1.807, 2.05) is 45.0 Å². The molecule has 0 saturated heterocycles. The van der Waals surface area contributed by atoms with E-state index in [9.17, 15) is 4.79 Å². The number of hydrogen-bond donors (Lipinski definition) is 0. The predicted octanol–water partition coefficient (Wildman–Crippen LogP) is 5.25. The summed E-state index contributed by atoms with van der Waals surface area (Å²) in [5.74, 6) is 0. The Morgan fingerprint density at radius 2 is 1.86 bits per heavy atom. The lowest BCUT2D eigenvalue weighted by atomic mass is 10.2. The minimum atomic E-state index is -0.481. The Morgan fingerprint density at radius 3 is 2.38 bits per heavy atom. The van der Waals surface area contributed by atoms with E-state index in [1.165, 1.54) is 0 Å². The Bertz CT molecular complexity index is 443. The molecule has 0 aliphatic carbocycles. The summed E-state index contributed by atoms with van der Waals surface area (Å²) in [6, 6.07) is 7.54. The molecule has 0 heterocycles. The first-order chi connectivity index (χ1) is 9.81. The summed E-state index contributed by atoms with van der Waals surface area (Å²) >= 11 is 9.30. The number of ether oxygens (including phenoxy) is 1. The van der Waals surface area contributed by atoms with Crippen LogP contribution in [-0.4, -0.2) is 28.5 Å². The fourth-order valence-corrected chi connectivity index (χ4v) is 2.29. The topological polar surface area (TPSA) is 29.5 Å². The first-order valence-corrected chi connectivity index (χ1v) is 8.60. The molecule has 5 heteroatoms. The standard InChI is InChI=1S/C16H23BrClNO2/c1-16(2,3)21-15(20)19(11-5-4-10-17)12-13-6-8-14(18)9-7-13/h6-9H,4-5,10-12H2,1-3H3. The molecular weight excluding hydrogens is 354 g/mol. The van der Waals surface area contributed by atoms with Gasteiger partial charge in [0.25, 0.3) is 0 Å². The molecule has 0 bridgehead atoms. The molecule has 0 aromatic heterocycles. The van der Waals surface area contributed by atoms with E-state index < -0.39 is 5.60 Å². The maximum atomic E-state index is 12.3. The number of benzene rings is 1. The van der Waals surface area contributed by atoms with Crippen molar-refractivity contribution in [1.29, 1.82) is 0 Å². The molecule has 0 saturated carbocycles. The van der Waals surface area contributed by atoms with Crippen molar-refractivity contribution in [1.82, 2.24) is 4.90 Å². The smallest absolute Gasteiger partial charge is 0.410 e. The number of halogens is 2. The second-order valence-corrected chi connectivity index (χ2v) is 7.15. The van der Waals surface area contributed by atoms with Gasteiger partial charge in [0.05, 0.1) is 0 Å². The number of unbranched alkanes of at least 4 members (excludes halogenated alkanes) is 1. The van der Waals surface area contributed by atoms with Gasteiger partial charge in [-0.3, -0.25) is 0 Å². The van der Waals surface area contributed by atoms with E-state index in [4.69, 9.17) is 16.3 Å². The van der Waals surface area contributed by atoms with Gasteiger partial charge in [0.2, 0.25) is 0 Å². The van der Waals surface area contributed by atoms with Gasteiger partial charge in [0.15, 0.2) is 0 Å². The van der Waals surface area contributed by atoms with Crippen molar-refractivity contribution in [3.05, 3.63) is 34.9 Å². The maximum absolute atomic E-state index is 12.3. The molecule has 1 rings (SSSR count). The van der Waals surface area contributed by atoms with Crippen LogP contribution in [0.5, 0.6) is 0 Å². The van der Waals surface area contributed by atoms with E-state index >= 15 is 0 Å². The number of carbonyl (C=O) groups is 1. The van der Waals surface area contributed by atoms with Crippen molar-refractivity contribution in [2.45, 2.75) is 45.8 Å². The molecule has 3 nitrogen and oxygen atoms in total. The van der Waals surface area contributed by atoms with Gasteiger partial charge >= 0.3 is 6.09 Å². The average Bonchev–Trinajstić information content (AvgIpc) is 2.38. The molecular formula is C16H23BrClNO2.